The monoisotopic (exact) mass is 518 g/mol. The molecule has 0 atom stereocenters. The zero-order valence-corrected chi connectivity index (χ0v) is 21.0. The maximum absolute atomic E-state index is 6.33. The van der Waals surface area contributed by atoms with Gasteiger partial charge in [0.05, 0.1) is 42.0 Å². The highest BCUT2D eigenvalue weighted by molar-refractivity contribution is 7.80. The first-order valence-electron chi connectivity index (χ1n) is 10.1. The van der Waals surface area contributed by atoms with E-state index >= 15 is 0 Å². The van der Waals surface area contributed by atoms with Crippen LogP contribution in [0.5, 0.6) is 0 Å². The number of thiocarbonyl (C=S) groups is 1. The van der Waals surface area contributed by atoms with Crippen molar-refractivity contribution in [1.29, 1.82) is 0 Å². The molecule has 0 unspecified atom stereocenters. The molecule has 6 nitrogen and oxygen atoms in total. The second kappa shape index (κ2) is 10.1. The highest BCUT2D eigenvalue weighted by atomic mass is 35.5. The summed E-state index contributed by atoms with van der Waals surface area (Å²) in [6, 6.07) is 13.2. The van der Waals surface area contributed by atoms with E-state index in [-0.39, 0.29) is 0 Å². The third-order valence-electron chi connectivity index (χ3n) is 5.17. The first-order valence-corrected chi connectivity index (χ1v) is 11.7. The van der Waals surface area contributed by atoms with Crippen molar-refractivity contribution in [2.75, 3.05) is 10.6 Å². The number of nitrogens with zero attached hydrogens (tertiary/aromatic N) is 4. The van der Waals surface area contributed by atoms with Gasteiger partial charge in [-0.1, -0.05) is 59.1 Å². The second-order valence-electron chi connectivity index (χ2n) is 7.50. The fourth-order valence-electron chi connectivity index (χ4n) is 3.46. The van der Waals surface area contributed by atoms with Crippen LogP contribution in [0, 0.1) is 13.8 Å². The quantitative estimate of drug-likeness (QED) is 0.282. The Kier molecular flexibility index (Phi) is 7.24. The molecule has 0 aliphatic rings. The average Bonchev–Trinajstić information content (AvgIpc) is 3.31. The van der Waals surface area contributed by atoms with Crippen LogP contribution in [0.15, 0.2) is 54.9 Å². The van der Waals surface area contributed by atoms with Gasteiger partial charge in [-0.2, -0.15) is 10.2 Å². The Bertz CT molecular complexity index is 1290. The van der Waals surface area contributed by atoms with E-state index in [2.05, 4.69) is 20.8 Å². The molecule has 2 aromatic carbocycles. The number of benzene rings is 2. The lowest BCUT2D eigenvalue weighted by Gasteiger charge is -2.11. The summed E-state index contributed by atoms with van der Waals surface area (Å²) in [4.78, 5) is 0. The highest BCUT2D eigenvalue weighted by Gasteiger charge is 2.15. The molecule has 0 aliphatic heterocycles. The first-order chi connectivity index (χ1) is 15.8. The minimum atomic E-state index is 0.439. The molecular weight excluding hydrogens is 499 g/mol. The average molecular weight is 520 g/mol. The zero-order valence-electron chi connectivity index (χ0n) is 17.9. The number of halogens is 3. The fourth-order valence-corrected chi connectivity index (χ4v) is 4.39. The van der Waals surface area contributed by atoms with Crippen molar-refractivity contribution in [3.63, 3.8) is 0 Å². The zero-order chi connectivity index (χ0) is 23.5. The van der Waals surface area contributed by atoms with Gasteiger partial charge in [-0.05, 0) is 49.8 Å². The van der Waals surface area contributed by atoms with Crippen LogP contribution in [0.4, 0.5) is 11.4 Å². The van der Waals surface area contributed by atoms with Gasteiger partial charge >= 0.3 is 0 Å². The lowest BCUT2D eigenvalue weighted by Crippen LogP contribution is -2.19. The molecule has 0 fully saturated rings. The Hall–Kier alpha value is -2.58. The SMILES string of the molecule is Cc1nn(Cc2c(Cl)cccc2Cl)c(C)c1NC(=S)Nc1cnn(Cc2ccccc2Cl)c1. The molecule has 0 radical (unpaired) electrons. The molecule has 10 heteroatoms. The van der Waals surface area contributed by atoms with Crippen molar-refractivity contribution in [2.45, 2.75) is 26.9 Å². The molecule has 0 saturated carbocycles. The van der Waals surface area contributed by atoms with E-state index in [1.165, 1.54) is 0 Å². The third-order valence-corrected chi connectivity index (χ3v) is 6.45. The van der Waals surface area contributed by atoms with Crippen molar-refractivity contribution in [3.05, 3.63) is 92.4 Å². The maximum Gasteiger partial charge on any atom is 0.175 e. The van der Waals surface area contributed by atoms with E-state index in [1.54, 1.807) is 10.9 Å². The minimum absolute atomic E-state index is 0.439. The van der Waals surface area contributed by atoms with Crippen molar-refractivity contribution < 1.29 is 0 Å². The summed E-state index contributed by atoms with van der Waals surface area (Å²) in [6.45, 7) is 4.92. The number of nitrogens with one attached hydrogen (secondary N) is 2. The van der Waals surface area contributed by atoms with Crippen molar-refractivity contribution in [1.82, 2.24) is 19.6 Å². The van der Waals surface area contributed by atoms with Gasteiger partial charge in [-0.3, -0.25) is 9.36 Å². The number of anilines is 2. The molecule has 2 aromatic heterocycles. The summed E-state index contributed by atoms with van der Waals surface area (Å²) in [5, 5.41) is 17.8. The van der Waals surface area contributed by atoms with E-state index < -0.39 is 0 Å². The van der Waals surface area contributed by atoms with Crippen LogP contribution in [-0.4, -0.2) is 24.7 Å². The molecule has 2 heterocycles. The summed E-state index contributed by atoms with van der Waals surface area (Å²) in [5.74, 6) is 0. The molecule has 33 heavy (non-hydrogen) atoms. The van der Waals surface area contributed by atoms with Gasteiger partial charge < -0.3 is 10.6 Å². The van der Waals surface area contributed by atoms with Gasteiger partial charge in [0, 0.05) is 26.8 Å². The number of aryl methyl sites for hydroxylation is 1. The molecule has 0 spiro atoms. The summed E-state index contributed by atoms with van der Waals surface area (Å²) >= 11 is 24.4. The largest absolute Gasteiger partial charge is 0.330 e. The molecule has 0 bridgehead atoms. The Morgan fingerprint density at radius 3 is 2.36 bits per heavy atom. The van der Waals surface area contributed by atoms with Crippen LogP contribution in [0.3, 0.4) is 0 Å². The molecule has 0 amide bonds. The molecule has 4 aromatic rings. The minimum Gasteiger partial charge on any atom is -0.330 e. The standard InChI is InChI=1S/C23H21Cl3N6S/c1-14-22(15(2)32(30-14)13-18-20(25)8-5-9-21(18)26)29-23(33)28-17-10-27-31(12-17)11-16-6-3-4-7-19(16)24/h3-10,12H,11,13H2,1-2H3,(H2,28,29,33). The molecule has 0 aliphatic carbocycles. The van der Waals surface area contributed by atoms with E-state index in [1.807, 2.05) is 67.2 Å². The van der Waals surface area contributed by atoms with Crippen molar-refractivity contribution in [3.8, 4) is 0 Å². The smallest absolute Gasteiger partial charge is 0.175 e. The third kappa shape index (κ3) is 5.50. The van der Waals surface area contributed by atoms with Gasteiger partial charge in [0.25, 0.3) is 0 Å². The Balaban J connectivity index is 1.43. The molecule has 4 rings (SSSR count). The van der Waals surface area contributed by atoms with E-state index in [9.17, 15) is 0 Å². The summed E-state index contributed by atoms with van der Waals surface area (Å²) in [5.41, 5.74) is 5.15. The maximum atomic E-state index is 6.33. The topological polar surface area (TPSA) is 59.7 Å². The first kappa shape index (κ1) is 23.6. The predicted molar refractivity (Wildman–Crippen MR) is 140 cm³/mol. The van der Waals surface area contributed by atoms with Gasteiger partial charge in [-0.25, -0.2) is 0 Å². The number of hydrogen-bond donors (Lipinski definition) is 2. The second-order valence-corrected chi connectivity index (χ2v) is 9.13. The van der Waals surface area contributed by atoms with Crippen LogP contribution < -0.4 is 10.6 Å². The van der Waals surface area contributed by atoms with E-state index in [0.717, 1.165) is 33.9 Å². The number of hydrogen-bond acceptors (Lipinski definition) is 3. The van der Waals surface area contributed by atoms with Crippen LogP contribution in [0.1, 0.15) is 22.5 Å². The Labute approximate surface area is 212 Å². The van der Waals surface area contributed by atoms with Gasteiger partial charge in [-0.15, -0.1) is 0 Å². The lowest BCUT2D eigenvalue weighted by molar-refractivity contribution is 0.659. The van der Waals surface area contributed by atoms with E-state index in [4.69, 9.17) is 47.0 Å². The predicted octanol–water partition coefficient (Wildman–Crippen LogP) is 6.56. The Morgan fingerprint density at radius 2 is 1.64 bits per heavy atom. The summed E-state index contributed by atoms with van der Waals surface area (Å²) in [7, 11) is 0. The highest BCUT2D eigenvalue weighted by Crippen LogP contribution is 2.27. The normalized spacial score (nSPS) is 10.9. The lowest BCUT2D eigenvalue weighted by atomic mass is 10.2. The van der Waals surface area contributed by atoms with Gasteiger partial charge in [0.1, 0.15) is 0 Å². The molecule has 0 saturated heterocycles. The Morgan fingerprint density at radius 1 is 0.939 bits per heavy atom. The fraction of sp³-hybridized carbons (Fsp3) is 0.174. The number of rotatable bonds is 6. The van der Waals surface area contributed by atoms with Crippen LogP contribution in [0.2, 0.25) is 15.1 Å². The number of aromatic nitrogens is 4. The van der Waals surface area contributed by atoms with Crippen molar-refractivity contribution in [2.24, 2.45) is 0 Å². The van der Waals surface area contributed by atoms with Crippen molar-refractivity contribution >= 4 is 63.5 Å². The molecular formula is C23H21Cl3N6S. The van der Waals surface area contributed by atoms with E-state index in [0.29, 0.717) is 33.3 Å². The van der Waals surface area contributed by atoms with Gasteiger partial charge in [0.2, 0.25) is 0 Å². The van der Waals surface area contributed by atoms with Crippen LogP contribution >= 0.6 is 47.0 Å². The van der Waals surface area contributed by atoms with Crippen LogP contribution in [-0.2, 0) is 13.1 Å². The van der Waals surface area contributed by atoms with Gasteiger partial charge in [0.15, 0.2) is 5.11 Å². The molecule has 170 valence electrons. The summed E-state index contributed by atoms with van der Waals surface area (Å²) < 4.78 is 3.66. The van der Waals surface area contributed by atoms with Crippen LogP contribution in [0.25, 0.3) is 0 Å². The molecule has 2 N–H and O–H groups in total. The summed E-state index contributed by atoms with van der Waals surface area (Å²) in [6.07, 6.45) is 3.59.